The molecule has 1 atom stereocenters. The van der Waals surface area contributed by atoms with Crippen molar-refractivity contribution in [3.05, 3.63) is 0 Å². The molecule has 0 radical (unpaired) electrons. The fourth-order valence-corrected chi connectivity index (χ4v) is 2.89. The molecule has 0 saturated heterocycles. The summed E-state index contributed by atoms with van der Waals surface area (Å²) in [6.45, 7) is 6.13. The minimum absolute atomic E-state index is 0.694. The largest absolute Gasteiger partial charge is 0.382 e. The molecule has 0 aromatic carbocycles. The molecule has 0 aliphatic rings. The summed E-state index contributed by atoms with van der Waals surface area (Å²) >= 11 is 0. The van der Waals surface area contributed by atoms with Crippen LogP contribution in [-0.4, -0.2) is 26.3 Å². The van der Waals surface area contributed by atoms with Crippen LogP contribution in [0.1, 0.15) is 97.3 Å². The van der Waals surface area contributed by atoms with E-state index in [-0.39, 0.29) is 0 Å². The minimum Gasteiger partial charge on any atom is -0.382 e. The molecule has 1 N–H and O–H groups in total. The number of hydrogen-bond donors (Lipinski definition) is 1. The monoisotopic (exact) mass is 299 g/mol. The zero-order valence-electron chi connectivity index (χ0n) is 15.1. The summed E-state index contributed by atoms with van der Waals surface area (Å²) in [5.74, 6) is 0. The van der Waals surface area contributed by atoms with E-state index in [9.17, 15) is 0 Å². The Morgan fingerprint density at radius 2 is 1.24 bits per heavy atom. The maximum atomic E-state index is 5.41. The standard InChI is InChI=1S/C19H41NO/c1-4-6-7-8-9-10-11-12-13-14-16-19(20-3)17-15-18-21-5-2/h19-20H,4-18H2,1-3H3. The van der Waals surface area contributed by atoms with E-state index in [4.69, 9.17) is 4.74 Å². The molecule has 0 spiro atoms. The maximum absolute atomic E-state index is 5.41. The van der Waals surface area contributed by atoms with Gasteiger partial charge in [-0.3, -0.25) is 0 Å². The molecular formula is C19H41NO. The molecule has 0 bridgehead atoms. The Labute approximate surface area is 134 Å². The predicted molar refractivity (Wildman–Crippen MR) is 95.0 cm³/mol. The molecule has 0 aliphatic heterocycles. The summed E-state index contributed by atoms with van der Waals surface area (Å²) in [6.07, 6.45) is 18.1. The maximum Gasteiger partial charge on any atom is 0.0466 e. The van der Waals surface area contributed by atoms with Gasteiger partial charge in [0.25, 0.3) is 0 Å². The quantitative estimate of drug-likeness (QED) is 0.348. The Hall–Kier alpha value is -0.0800. The van der Waals surface area contributed by atoms with Gasteiger partial charge < -0.3 is 10.1 Å². The summed E-state index contributed by atoms with van der Waals surface area (Å²) in [7, 11) is 2.10. The molecule has 2 nitrogen and oxygen atoms in total. The van der Waals surface area contributed by atoms with Gasteiger partial charge in [-0.25, -0.2) is 0 Å². The van der Waals surface area contributed by atoms with Gasteiger partial charge in [0.1, 0.15) is 0 Å². The van der Waals surface area contributed by atoms with Gasteiger partial charge in [0.2, 0.25) is 0 Å². The molecule has 128 valence electrons. The van der Waals surface area contributed by atoms with Crippen LogP contribution in [0.2, 0.25) is 0 Å². The Morgan fingerprint density at radius 1 is 0.714 bits per heavy atom. The lowest BCUT2D eigenvalue weighted by Crippen LogP contribution is -2.25. The molecule has 0 saturated carbocycles. The lowest BCUT2D eigenvalue weighted by molar-refractivity contribution is 0.140. The third kappa shape index (κ3) is 16.1. The lowest BCUT2D eigenvalue weighted by atomic mass is 10.0. The molecule has 0 aromatic rings. The lowest BCUT2D eigenvalue weighted by Gasteiger charge is -2.15. The zero-order valence-corrected chi connectivity index (χ0v) is 15.1. The number of unbranched alkanes of at least 4 members (excludes halogenated alkanes) is 9. The molecule has 0 amide bonds. The highest BCUT2D eigenvalue weighted by molar-refractivity contribution is 4.64. The van der Waals surface area contributed by atoms with Crippen molar-refractivity contribution >= 4 is 0 Å². The highest BCUT2D eigenvalue weighted by Crippen LogP contribution is 2.13. The molecule has 1 unspecified atom stereocenters. The number of nitrogens with one attached hydrogen (secondary N) is 1. The highest BCUT2D eigenvalue weighted by Gasteiger charge is 2.05. The molecule has 0 fully saturated rings. The van der Waals surface area contributed by atoms with Crippen LogP contribution in [0.15, 0.2) is 0 Å². The number of hydrogen-bond acceptors (Lipinski definition) is 2. The molecule has 2 heteroatoms. The molecule has 0 rings (SSSR count). The second-order valence-corrected chi connectivity index (χ2v) is 6.30. The van der Waals surface area contributed by atoms with E-state index < -0.39 is 0 Å². The van der Waals surface area contributed by atoms with Crippen molar-refractivity contribution in [2.45, 2.75) is 103 Å². The summed E-state index contributed by atoms with van der Waals surface area (Å²) in [5.41, 5.74) is 0. The van der Waals surface area contributed by atoms with Gasteiger partial charge in [-0.05, 0) is 33.2 Å². The smallest absolute Gasteiger partial charge is 0.0466 e. The summed E-state index contributed by atoms with van der Waals surface area (Å²) in [5, 5.41) is 3.45. The van der Waals surface area contributed by atoms with E-state index in [1.54, 1.807) is 0 Å². The first-order valence-electron chi connectivity index (χ1n) is 9.60. The van der Waals surface area contributed by atoms with Crippen LogP contribution >= 0.6 is 0 Å². The normalized spacial score (nSPS) is 12.7. The van der Waals surface area contributed by atoms with Crippen LogP contribution in [-0.2, 0) is 4.74 Å². The van der Waals surface area contributed by atoms with E-state index in [2.05, 4.69) is 26.2 Å². The van der Waals surface area contributed by atoms with Crippen molar-refractivity contribution in [1.29, 1.82) is 0 Å². The van der Waals surface area contributed by atoms with E-state index in [1.807, 2.05) is 0 Å². The Bertz CT molecular complexity index is 184. The van der Waals surface area contributed by atoms with Crippen LogP contribution in [0, 0.1) is 0 Å². The number of rotatable bonds is 17. The van der Waals surface area contributed by atoms with Crippen molar-refractivity contribution in [3.63, 3.8) is 0 Å². The Balaban J connectivity index is 3.23. The van der Waals surface area contributed by atoms with Gasteiger partial charge in [0.05, 0.1) is 0 Å². The third-order valence-electron chi connectivity index (χ3n) is 4.36. The van der Waals surface area contributed by atoms with E-state index >= 15 is 0 Å². The van der Waals surface area contributed by atoms with Crippen molar-refractivity contribution in [2.75, 3.05) is 20.3 Å². The summed E-state index contributed by atoms with van der Waals surface area (Å²) in [6, 6.07) is 0.694. The van der Waals surface area contributed by atoms with Gasteiger partial charge in [-0.1, -0.05) is 71.1 Å². The van der Waals surface area contributed by atoms with Crippen LogP contribution in [0.3, 0.4) is 0 Å². The Kier molecular flexibility index (Phi) is 17.9. The van der Waals surface area contributed by atoms with Crippen molar-refractivity contribution < 1.29 is 4.74 Å². The van der Waals surface area contributed by atoms with Gasteiger partial charge in [-0.15, -0.1) is 0 Å². The number of ether oxygens (including phenoxy) is 1. The van der Waals surface area contributed by atoms with Crippen LogP contribution < -0.4 is 5.32 Å². The molecule has 0 aliphatic carbocycles. The first-order valence-corrected chi connectivity index (χ1v) is 9.60. The van der Waals surface area contributed by atoms with Crippen molar-refractivity contribution in [3.8, 4) is 0 Å². The first-order chi connectivity index (χ1) is 10.3. The van der Waals surface area contributed by atoms with Crippen LogP contribution in [0.4, 0.5) is 0 Å². The van der Waals surface area contributed by atoms with Gasteiger partial charge in [0, 0.05) is 19.3 Å². The average molecular weight is 300 g/mol. The fourth-order valence-electron chi connectivity index (χ4n) is 2.89. The summed E-state index contributed by atoms with van der Waals surface area (Å²) in [4.78, 5) is 0. The van der Waals surface area contributed by atoms with E-state index in [1.165, 1.54) is 83.5 Å². The van der Waals surface area contributed by atoms with Gasteiger partial charge >= 0.3 is 0 Å². The molecule has 0 aromatic heterocycles. The third-order valence-corrected chi connectivity index (χ3v) is 4.36. The predicted octanol–water partition coefficient (Wildman–Crippen LogP) is 5.70. The second-order valence-electron chi connectivity index (χ2n) is 6.30. The minimum atomic E-state index is 0.694. The molecular weight excluding hydrogens is 258 g/mol. The van der Waals surface area contributed by atoms with E-state index in [0.717, 1.165) is 13.2 Å². The highest BCUT2D eigenvalue weighted by atomic mass is 16.5. The summed E-state index contributed by atoms with van der Waals surface area (Å²) < 4.78 is 5.41. The van der Waals surface area contributed by atoms with Crippen LogP contribution in [0.5, 0.6) is 0 Å². The van der Waals surface area contributed by atoms with Gasteiger partial charge in [-0.2, -0.15) is 0 Å². The van der Waals surface area contributed by atoms with Crippen molar-refractivity contribution in [2.24, 2.45) is 0 Å². The SMILES string of the molecule is CCCCCCCCCCCCC(CCCOCC)NC. The average Bonchev–Trinajstić information content (AvgIpc) is 2.51. The zero-order chi connectivity index (χ0) is 15.6. The molecule has 21 heavy (non-hydrogen) atoms. The topological polar surface area (TPSA) is 21.3 Å². The second kappa shape index (κ2) is 18.0. The van der Waals surface area contributed by atoms with Gasteiger partial charge in [0.15, 0.2) is 0 Å². The van der Waals surface area contributed by atoms with Crippen LogP contribution in [0.25, 0.3) is 0 Å². The Morgan fingerprint density at radius 3 is 1.76 bits per heavy atom. The fraction of sp³-hybridized carbons (Fsp3) is 1.00. The van der Waals surface area contributed by atoms with Crippen molar-refractivity contribution in [1.82, 2.24) is 5.32 Å². The van der Waals surface area contributed by atoms with E-state index in [0.29, 0.717) is 6.04 Å². The molecule has 0 heterocycles. The first kappa shape index (κ1) is 20.9.